The molecule has 1 aromatic carbocycles. The van der Waals surface area contributed by atoms with E-state index >= 15 is 0 Å². The van der Waals surface area contributed by atoms with Crippen LogP contribution in [0.4, 0.5) is 5.69 Å². The van der Waals surface area contributed by atoms with Crippen LogP contribution in [-0.4, -0.2) is 31.4 Å². The van der Waals surface area contributed by atoms with Gasteiger partial charge in [-0.05, 0) is 12.1 Å². The van der Waals surface area contributed by atoms with Crippen molar-refractivity contribution in [3.63, 3.8) is 0 Å². The lowest BCUT2D eigenvalue weighted by molar-refractivity contribution is -0.117. The first-order valence-corrected chi connectivity index (χ1v) is 8.85. The lowest BCUT2D eigenvalue weighted by Gasteiger charge is -2.20. The number of nitrogens with two attached hydrogens (primary N) is 1. The molecule has 0 spiro atoms. The minimum atomic E-state index is -3.68. The molecule has 1 aliphatic rings. The molecule has 0 bridgehead atoms. The zero-order valence-electron chi connectivity index (χ0n) is 11.4. The maximum atomic E-state index is 12.1. The second kappa shape index (κ2) is 5.75. The Hall–Kier alpha value is -1.05. The quantitative estimate of drug-likeness (QED) is 0.856. The molecule has 1 aliphatic heterocycles. The Kier molecular flexibility index (Phi) is 4.41. The van der Waals surface area contributed by atoms with Crippen LogP contribution < -0.4 is 10.0 Å². The number of sulfonamides is 1. The van der Waals surface area contributed by atoms with Crippen LogP contribution in [0.25, 0.3) is 0 Å². The van der Waals surface area contributed by atoms with Gasteiger partial charge in [-0.15, -0.1) is 11.8 Å². The Bertz CT molecular complexity index is 614. The fourth-order valence-electron chi connectivity index (χ4n) is 2.16. The Labute approximate surface area is 123 Å². The average Bonchev–Trinajstić information content (AvgIpc) is 2.71. The molecule has 0 aromatic heterocycles. The van der Waals surface area contributed by atoms with E-state index in [-0.39, 0.29) is 18.9 Å². The molecule has 1 heterocycles. The summed E-state index contributed by atoms with van der Waals surface area (Å²) in [5.41, 5.74) is 0.766. The minimum Gasteiger partial charge on any atom is -0.310 e. The third-order valence-electron chi connectivity index (χ3n) is 3.07. The molecular formula is C13H18N2O3S2. The number of carbonyl (C=O) groups excluding carboxylic acids is 1. The van der Waals surface area contributed by atoms with E-state index in [0.717, 1.165) is 10.6 Å². The van der Waals surface area contributed by atoms with Gasteiger partial charge in [0, 0.05) is 23.1 Å². The number of rotatable bonds is 4. The van der Waals surface area contributed by atoms with Crippen molar-refractivity contribution in [2.45, 2.75) is 35.7 Å². The molecule has 1 saturated heterocycles. The predicted octanol–water partition coefficient (Wildman–Crippen LogP) is 1.58. The molecule has 0 saturated carbocycles. The molecule has 5 nitrogen and oxygen atoms in total. The predicted molar refractivity (Wildman–Crippen MR) is 81.3 cm³/mol. The number of benzene rings is 1. The standard InChI is InChI=1S/C13H18N2O3S2/c1-9(2)19-12-6-4-3-5-11(12)15-8-10(7-13(15)16)20(14,17)18/h3-6,9-10H,7-8H2,1-2H3,(H2,14,17,18). The highest BCUT2D eigenvalue weighted by Crippen LogP contribution is 2.35. The Morgan fingerprint density at radius 2 is 2.00 bits per heavy atom. The molecule has 1 aromatic rings. The van der Waals surface area contributed by atoms with E-state index in [9.17, 15) is 13.2 Å². The van der Waals surface area contributed by atoms with Crippen molar-refractivity contribution in [3.05, 3.63) is 24.3 Å². The normalized spacial score (nSPS) is 19.9. The average molecular weight is 314 g/mol. The smallest absolute Gasteiger partial charge is 0.228 e. The van der Waals surface area contributed by atoms with Crippen LogP contribution in [0.1, 0.15) is 20.3 Å². The fraction of sp³-hybridized carbons (Fsp3) is 0.462. The van der Waals surface area contributed by atoms with Crippen LogP contribution >= 0.6 is 11.8 Å². The maximum Gasteiger partial charge on any atom is 0.228 e. The first-order valence-electron chi connectivity index (χ1n) is 6.36. The van der Waals surface area contributed by atoms with Crippen LogP contribution in [0.15, 0.2) is 29.2 Å². The molecule has 1 unspecified atom stereocenters. The Balaban J connectivity index is 2.31. The van der Waals surface area contributed by atoms with Gasteiger partial charge in [-0.25, -0.2) is 13.6 Å². The summed E-state index contributed by atoms with van der Waals surface area (Å²) in [5.74, 6) is -0.194. The fourth-order valence-corrected chi connectivity index (χ4v) is 3.86. The third kappa shape index (κ3) is 3.34. The van der Waals surface area contributed by atoms with Gasteiger partial charge in [0.1, 0.15) is 5.25 Å². The first-order chi connectivity index (χ1) is 9.29. The van der Waals surface area contributed by atoms with Crippen molar-refractivity contribution in [2.75, 3.05) is 11.4 Å². The molecule has 2 N–H and O–H groups in total. The van der Waals surface area contributed by atoms with Crippen molar-refractivity contribution in [1.29, 1.82) is 0 Å². The monoisotopic (exact) mass is 314 g/mol. The largest absolute Gasteiger partial charge is 0.310 e. The maximum absolute atomic E-state index is 12.1. The summed E-state index contributed by atoms with van der Waals surface area (Å²) in [6.45, 7) is 4.27. The molecule has 0 radical (unpaired) electrons. The topological polar surface area (TPSA) is 80.5 Å². The summed E-state index contributed by atoms with van der Waals surface area (Å²) in [7, 11) is -3.68. The number of thioether (sulfide) groups is 1. The number of hydrogen-bond acceptors (Lipinski definition) is 4. The number of primary sulfonamides is 1. The first kappa shape index (κ1) is 15.3. The highest BCUT2D eigenvalue weighted by molar-refractivity contribution is 8.00. The van der Waals surface area contributed by atoms with Crippen molar-refractivity contribution in [1.82, 2.24) is 0 Å². The molecule has 7 heteroatoms. The molecule has 2 rings (SSSR count). The van der Waals surface area contributed by atoms with Gasteiger partial charge in [-0.3, -0.25) is 4.79 Å². The lowest BCUT2D eigenvalue weighted by Crippen LogP contribution is -2.32. The van der Waals surface area contributed by atoms with Gasteiger partial charge < -0.3 is 4.90 Å². The van der Waals surface area contributed by atoms with Crippen molar-refractivity contribution < 1.29 is 13.2 Å². The van der Waals surface area contributed by atoms with E-state index < -0.39 is 15.3 Å². The number of para-hydroxylation sites is 1. The van der Waals surface area contributed by atoms with Crippen LogP contribution in [0.5, 0.6) is 0 Å². The highest BCUT2D eigenvalue weighted by Gasteiger charge is 2.37. The molecular weight excluding hydrogens is 296 g/mol. The van der Waals surface area contributed by atoms with E-state index in [1.165, 1.54) is 4.90 Å². The van der Waals surface area contributed by atoms with Gasteiger partial charge in [-0.2, -0.15) is 0 Å². The Morgan fingerprint density at radius 3 is 2.55 bits per heavy atom. The number of carbonyl (C=O) groups is 1. The molecule has 1 amide bonds. The van der Waals surface area contributed by atoms with Gasteiger partial charge in [0.15, 0.2) is 0 Å². The third-order valence-corrected chi connectivity index (χ3v) is 5.39. The van der Waals surface area contributed by atoms with Crippen LogP contribution in [0.3, 0.4) is 0 Å². The van der Waals surface area contributed by atoms with Gasteiger partial charge in [-0.1, -0.05) is 26.0 Å². The van der Waals surface area contributed by atoms with E-state index in [4.69, 9.17) is 5.14 Å². The lowest BCUT2D eigenvalue weighted by atomic mass is 10.3. The summed E-state index contributed by atoms with van der Waals surface area (Å²) in [4.78, 5) is 14.6. The van der Waals surface area contributed by atoms with Gasteiger partial charge in [0.2, 0.25) is 15.9 Å². The van der Waals surface area contributed by atoms with Crippen molar-refractivity contribution in [3.8, 4) is 0 Å². The van der Waals surface area contributed by atoms with Crippen molar-refractivity contribution >= 4 is 33.4 Å². The molecule has 20 heavy (non-hydrogen) atoms. The van der Waals surface area contributed by atoms with Crippen LogP contribution in [-0.2, 0) is 14.8 Å². The minimum absolute atomic E-state index is 0.0421. The zero-order chi connectivity index (χ0) is 14.9. The van der Waals surface area contributed by atoms with E-state index in [0.29, 0.717) is 5.25 Å². The summed E-state index contributed by atoms with van der Waals surface area (Å²) in [5, 5.41) is 4.71. The van der Waals surface area contributed by atoms with E-state index in [1.807, 2.05) is 24.3 Å². The summed E-state index contributed by atoms with van der Waals surface area (Å²) >= 11 is 1.65. The molecule has 0 aliphatic carbocycles. The van der Waals surface area contributed by atoms with Gasteiger partial charge in [0.25, 0.3) is 0 Å². The second-order valence-electron chi connectivity index (χ2n) is 5.05. The van der Waals surface area contributed by atoms with Crippen LogP contribution in [0, 0.1) is 0 Å². The van der Waals surface area contributed by atoms with Crippen LogP contribution in [0.2, 0.25) is 0 Å². The number of hydrogen-bond donors (Lipinski definition) is 1. The van der Waals surface area contributed by atoms with Gasteiger partial charge in [0.05, 0.1) is 5.69 Å². The van der Waals surface area contributed by atoms with E-state index in [1.54, 1.807) is 11.8 Å². The highest BCUT2D eigenvalue weighted by atomic mass is 32.2. The SMILES string of the molecule is CC(C)Sc1ccccc1N1CC(S(N)(=O)=O)CC1=O. The number of anilines is 1. The molecule has 1 fully saturated rings. The molecule has 1 atom stereocenters. The number of amides is 1. The van der Waals surface area contributed by atoms with E-state index in [2.05, 4.69) is 13.8 Å². The van der Waals surface area contributed by atoms with Gasteiger partial charge >= 0.3 is 0 Å². The second-order valence-corrected chi connectivity index (χ2v) is 8.52. The summed E-state index contributed by atoms with van der Waals surface area (Å²) < 4.78 is 22.8. The summed E-state index contributed by atoms with van der Waals surface area (Å²) in [6.07, 6.45) is -0.0421. The summed E-state index contributed by atoms with van der Waals surface area (Å²) in [6, 6.07) is 7.54. The Morgan fingerprint density at radius 1 is 1.35 bits per heavy atom. The van der Waals surface area contributed by atoms with Crippen molar-refractivity contribution in [2.24, 2.45) is 5.14 Å². The zero-order valence-corrected chi connectivity index (χ0v) is 13.1. The molecule has 110 valence electrons. The number of nitrogens with zero attached hydrogens (tertiary/aromatic N) is 1.